The zero-order valence-electron chi connectivity index (χ0n) is 8.79. The number of benzene rings is 1. The number of ether oxygens (including phenoxy) is 1. The summed E-state index contributed by atoms with van der Waals surface area (Å²) >= 11 is 5.80. The van der Waals surface area contributed by atoms with Crippen LogP contribution in [-0.2, 0) is 0 Å². The number of carbonyl (C=O) groups is 1. The predicted octanol–water partition coefficient (Wildman–Crippen LogP) is 3.50. The summed E-state index contributed by atoms with van der Waals surface area (Å²) in [6, 6.07) is 5.04. The van der Waals surface area contributed by atoms with Crippen molar-refractivity contribution in [3.63, 3.8) is 0 Å². The molecule has 0 atom stereocenters. The highest BCUT2D eigenvalue weighted by molar-refractivity contribution is 6.31. The summed E-state index contributed by atoms with van der Waals surface area (Å²) in [5, 5.41) is 0.540. The first-order chi connectivity index (χ1) is 7.15. The molecule has 1 rings (SSSR count). The normalized spacial score (nSPS) is 10.6. The molecule has 0 unspecified atom stereocenters. The van der Waals surface area contributed by atoms with Gasteiger partial charge in [0.15, 0.2) is 5.78 Å². The molecule has 0 amide bonds. The number of carbonyl (C=O) groups excluding carboxylic acids is 1. The maximum Gasteiger partial charge on any atom is 0.163 e. The van der Waals surface area contributed by atoms with E-state index in [2.05, 4.69) is 0 Å². The van der Waals surface area contributed by atoms with Gasteiger partial charge in [0.05, 0.1) is 5.56 Å². The van der Waals surface area contributed by atoms with E-state index in [0.29, 0.717) is 22.9 Å². The highest BCUT2D eigenvalue weighted by Gasteiger charge is 2.08. The van der Waals surface area contributed by atoms with Crippen molar-refractivity contribution in [3.8, 4) is 5.75 Å². The molecule has 0 saturated carbocycles. The van der Waals surface area contributed by atoms with Crippen LogP contribution in [0.3, 0.4) is 0 Å². The fourth-order valence-corrected chi connectivity index (χ4v) is 1.31. The third-order valence-corrected chi connectivity index (χ3v) is 2.13. The van der Waals surface area contributed by atoms with Crippen LogP contribution in [0.2, 0.25) is 5.02 Å². The Morgan fingerprint density at radius 2 is 2.27 bits per heavy atom. The van der Waals surface area contributed by atoms with E-state index in [1.54, 1.807) is 18.2 Å². The highest BCUT2D eigenvalue weighted by atomic mass is 35.5. The molecule has 0 radical (unpaired) electrons. The number of halogens is 1. The van der Waals surface area contributed by atoms with Gasteiger partial charge in [0, 0.05) is 5.02 Å². The van der Waals surface area contributed by atoms with Crippen molar-refractivity contribution >= 4 is 17.4 Å². The molecule has 2 nitrogen and oxygen atoms in total. The number of rotatable bonds is 4. The number of ketones is 1. The fraction of sp³-hybridized carbons (Fsp3) is 0.250. The predicted molar refractivity (Wildman–Crippen MR) is 61.8 cm³/mol. The summed E-state index contributed by atoms with van der Waals surface area (Å²) in [5.74, 6) is 0.526. The Morgan fingerprint density at radius 1 is 1.53 bits per heavy atom. The van der Waals surface area contributed by atoms with Crippen LogP contribution in [0.4, 0.5) is 0 Å². The van der Waals surface area contributed by atoms with Gasteiger partial charge in [-0.25, -0.2) is 0 Å². The smallest absolute Gasteiger partial charge is 0.163 e. The standard InChI is InChI=1S/C12H13ClO2/c1-3-4-7-15-12-6-5-10(13)8-11(12)9(2)14/h3-6,8H,7H2,1-2H3. The third-order valence-electron chi connectivity index (χ3n) is 1.89. The lowest BCUT2D eigenvalue weighted by Gasteiger charge is -2.07. The van der Waals surface area contributed by atoms with Crippen LogP contribution >= 0.6 is 11.6 Å². The summed E-state index contributed by atoms with van der Waals surface area (Å²) in [4.78, 5) is 11.3. The Morgan fingerprint density at radius 3 is 2.87 bits per heavy atom. The van der Waals surface area contributed by atoms with Crippen LogP contribution in [-0.4, -0.2) is 12.4 Å². The molecule has 0 saturated heterocycles. The van der Waals surface area contributed by atoms with Crippen molar-refractivity contribution < 1.29 is 9.53 Å². The average molecular weight is 225 g/mol. The topological polar surface area (TPSA) is 26.3 Å². The highest BCUT2D eigenvalue weighted by Crippen LogP contribution is 2.23. The second-order valence-electron chi connectivity index (χ2n) is 3.08. The van der Waals surface area contributed by atoms with Gasteiger partial charge < -0.3 is 4.74 Å². The van der Waals surface area contributed by atoms with E-state index in [0.717, 1.165) is 0 Å². The average Bonchev–Trinajstić information content (AvgIpc) is 2.20. The monoisotopic (exact) mass is 224 g/mol. The van der Waals surface area contributed by atoms with Crippen LogP contribution in [0, 0.1) is 0 Å². The van der Waals surface area contributed by atoms with E-state index < -0.39 is 0 Å². The zero-order valence-corrected chi connectivity index (χ0v) is 9.54. The molecule has 0 fully saturated rings. The minimum atomic E-state index is -0.0482. The molecule has 1 aromatic rings. The van der Waals surface area contributed by atoms with Gasteiger partial charge in [-0.15, -0.1) is 0 Å². The largest absolute Gasteiger partial charge is 0.489 e. The molecule has 15 heavy (non-hydrogen) atoms. The Bertz CT molecular complexity index is 383. The lowest BCUT2D eigenvalue weighted by atomic mass is 10.1. The lowest BCUT2D eigenvalue weighted by molar-refractivity contribution is 0.101. The van der Waals surface area contributed by atoms with Crippen LogP contribution in [0.5, 0.6) is 5.75 Å². The van der Waals surface area contributed by atoms with Gasteiger partial charge in [-0.3, -0.25) is 4.79 Å². The molecule has 1 aromatic carbocycles. The van der Waals surface area contributed by atoms with Crippen LogP contribution in [0.15, 0.2) is 30.4 Å². The second kappa shape index (κ2) is 5.56. The van der Waals surface area contributed by atoms with E-state index in [1.165, 1.54) is 6.92 Å². The van der Waals surface area contributed by atoms with E-state index in [9.17, 15) is 4.79 Å². The quantitative estimate of drug-likeness (QED) is 0.578. The maximum atomic E-state index is 11.3. The van der Waals surface area contributed by atoms with Gasteiger partial charge in [-0.2, -0.15) is 0 Å². The van der Waals surface area contributed by atoms with Crippen molar-refractivity contribution in [1.82, 2.24) is 0 Å². The SMILES string of the molecule is CC=CCOc1ccc(Cl)cc1C(C)=O. The van der Waals surface area contributed by atoms with Gasteiger partial charge in [0.1, 0.15) is 12.4 Å². The van der Waals surface area contributed by atoms with Gasteiger partial charge >= 0.3 is 0 Å². The molecule has 80 valence electrons. The van der Waals surface area contributed by atoms with E-state index >= 15 is 0 Å². The number of hydrogen-bond donors (Lipinski definition) is 0. The van der Waals surface area contributed by atoms with Crippen molar-refractivity contribution in [1.29, 1.82) is 0 Å². The van der Waals surface area contributed by atoms with Gasteiger partial charge in [0.25, 0.3) is 0 Å². The fourth-order valence-electron chi connectivity index (χ4n) is 1.14. The minimum Gasteiger partial charge on any atom is -0.489 e. The lowest BCUT2D eigenvalue weighted by Crippen LogP contribution is -2.01. The van der Waals surface area contributed by atoms with Crippen molar-refractivity contribution in [2.75, 3.05) is 6.61 Å². The van der Waals surface area contributed by atoms with Gasteiger partial charge in [0.2, 0.25) is 0 Å². The zero-order chi connectivity index (χ0) is 11.3. The summed E-state index contributed by atoms with van der Waals surface area (Å²) in [7, 11) is 0. The second-order valence-corrected chi connectivity index (χ2v) is 3.51. The number of hydrogen-bond acceptors (Lipinski definition) is 2. The Balaban J connectivity index is 2.90. The minimum absolute atomic E-state index is 0.0482. The van der Waals surface area contributed by atoms with E-state index in [4.69, 9.17) is 16.3 Å². The Labute approximate surface area is 94.5 Å². The molecule has 0 spiro atoms. The Kier molecular flexibility index (Phi) is 4.37. The first kappa shape index (κ1) is 11.8. The van der Waals surface area contributed by atoms with Crippen molar-refractivity contribution in [2.24, 2.45) is 0 Å². The first-order valence-electron chi connectivity index (χ1n) is 4.69. The summed E-state index contributed by atoms with van der Waals surface area (Å²) in [5.41, 5.74) is 0.520. The van der Waals surface area contributed by atoms with Crippen molar-refractivity contribution in [3.05, 3.63) is 40.9 Å². The first-order valence-corrected chi connectivity index (χ1v) is 5.07. The molecule has 0 aliphatic heterocycles. The third kappa shape index (κ3) is 3.40. The van der Waals surface area contributed by atoms with E-state index in [1.807, 2.05) is 19.1 Å². The summed E-state index contributed by atoms with van der Waals surface area (Å²) < 4.78 is 5.43. The number of allylic oxidation sites excluding steroid dienone is 1. The van der Waals surface area contributed by atoms with E-state index in [-0.39, 0.29) is 5.78 Å². The van der Waals surface area contributed by atoms with Gasteiger partial charge in [-0.1, -0.05) is 23.8 Å². The van der Waals surface area contributed by atoms with Gasteiger partial charge in [-0.05, 0) is 32.0 Å². The number of Topliss-reactive ketones (excluding diaryl/α,β-unsaturated/α-hetero) is 1. The molecule has 0 aliphatic carbocycles. The van der Waals surface area contributed by atoms with Crippen LogP contribution in [0.1, 0.15) is 24.2 Å². The summed E-state index contributed by atoms with van der Waals surface area (Å²) in [6.45, 7) is 3.86. The molecular formula is C12H13ClO2. The van der Waals surface area contributed by atoms with Crippen molar-refractivity contribution in [2.45, 2.75) is 13.8 Å². The molecule has 0 aliphatic rings. The maximum absolute atomic E-state index is 11.3. The molecule has 0 N–H and O–H groups in total. The molecule has 0 heterocycles. The van der Waals surface area contributed by atoms with Crippen LogP contribution < -0.4 is 4.74 Å². The molecule has 3 heteroatoms. The Hall–Kier alpha value is -1.28. The molecule has 0 aromatic heterocycles. The molecular weight excluding hydrogens is 212 g/mol. The summed E-state index contributed by atoms with van der Waals surface area (Å²) in [6.07, 6.45) is 3.77. The molecule has 0 bridgehead atoms. The van der Waals surface area contributed by atoms with Crippen LogP contribution in [0.25, 0.3) is 0 Å².